The molecule has 0 unspecified atom stereocenters. The van der Waals surface area contributed by atoms with Gasteiger partial charge >= 0.3 is 12.1 Å². The Morgan fingerprint density at radius 1 is 0.969 bits per heavy atom. The molecule has 2 N–H and O–H groups in total. The van der Waals surface area contributed by atoms with Crippen LogP contribution in [0.1, 0.15) is 35.3 Å². The molecule has 0 fully saturated rings. The number of hydrogen-bond acceptors (Lipinski definition) is 3. The van der Waals surface area contributed by atoms with E-state index in [1.165, 1.54) is 26.0 Å². The summed E-state index contributed by atoms with van der Waals surface area (Å²) in [5, 5.41) is 13.3. The molecular formula is C24H22F3NO4. The van der Waals surface area contributed by atoms with Crippen molar-refractivity contribution >= 4 is 22.6 Å². The van der Waals surface area contributed by atoms with Gasteiger partial charge in [-0.05, 0) is 43.0 Å². The van der Waals surface area contributed by atoms with Crippen molar-refractivity contribution in [2.45, 2.75) is 32.0 Å². The van der Waals surface area contributed by atoms with Crippen molar-refractivity contribution < 1.29 is 32.6 Å². The van der Waals surface area contributed by atoms with E-state index in [1.54, 1.807) is 24.3 Å². The van der Waals surface area contributed by atoms with Gasteiger partial charge in [-0.2, -0.15) is 13.2 Å². The zero-order chi connectivity index (χ0) is 23.5. The van der Waals surface area contributed by atoms with Crippen molar-refractivity contribution in [1.29, 1.82) is 0 Å². The lowest BCUT2D eigenvalue weighted by Crippen LogP contribution is -2.49. The van der Waals surface area contributed by atoms with Crippen LogP contribution in [0.2, 0.25) is 0 Å². The van der Waals surface area contributed by atoms with Gasteiger partial charge in [-0.25, -0.2) is 4.79 Å². The molecule has 3 rings (SSSR count). The second-order valence-electron chi connectivity index (χ2n) is 7.84. The highest BCUT2D eigenvalue weighted by Crippen LogP contribution is 2.31. The minimum atomic E-state index is -4.40. The molecule has 0 atom stereocenters. The first-order valence-electron chi connectivity index (χ1n) is 9.85. The quantitative estimate of drug-likeness (QED) is 0.532. The van der Waals surface area contributed by atoms with Crippen molar-refractivity contribution in [3.63, 3.8) is 0 Å². The molecule has 1 amide bonds. The molecule has 3 aromatic carbocycles. The number of nitrogens with one attached hydrogen (secondary N) is 1. The zero-order valence-corrected chi connectivity index (χ0v) is 17.5. The number of hydrogen-bond donors (Lipinski definition) is 2. The molecule has 3 aromatic rings. The number of fused-ring (bicyclic) bond motifs is 1. The number of carbonyl (C=O) groups is 2. The molecule has 0 aliphatic heterocycles. The van der Waals surface area contributed by atoms with Crippen molar-refractivity contribution in [3.05, 3.63) is 77.4 Å². The van der Waals surface area contributed by atoms with Crippen LogP contribution in [0.4, 0.5) is 13.2 Å². The molecule has 0 radical (unpaired) electrons. The minimum Gasteiger partial charge on any atom is -0.492 e. The van der Waals surface area contributed by atoms with E-state index in [9.17, 15) is 27.9 Å². The number of carboxylic acid groups (broad SMARTS) is 1. The van der Waals surface area contributed by atoms with Crippen LogP contribution in [0, 0.1) is 0 Å². The molecule has 0 heterocycles. The molecule has 0 spiro atoms. The summed E-state index contributed by atoms with van der Waals surface area (Å²) in [6.45, 7) is 2.86. The summed E-state index contributed by atoms with van der Waals surface area (Å²) in [5.41, 5.74) is -1.39. The van der Waals surface area contributed by atoms with Crippen molar-refractivity contribution in [1.82, 2.24) is 5.32 Å². The van der Waals surface area contributed by atoms with E-state index >= 15 is 0 Å². The summed E-state index contributed by atoms with van der Waals surface area (Å²) in [5.74, 6) is -1.50. The Labute approximate surface area is 182 Å². The van der Waals surface area contributed by atoms with Gasteiger partial charge < -0.3 is 15.2 Å². The zero-order valence-electron chi connectivity index (χ0n) is 17.5. The molecule has 0 saturated heterocycles. The van der Waals surface area contributed by atoms with E-state index in [1.807, 2.05) is 12.1 Å². The molecule has 0 bridgehead atoms. The lowest BCUT2D eigenvalue weighted by molar-refractivity contribution is -0.143. The molecule has 0 aliphatic rings. The van der Waals surface area contributed by atoms with Crippen LogP contribution in [-0.2, 0) is 17.4 Å². The average Bonchev–Trinajstić information content (AvgIpc) is 2.73. The summed E-state index contributed by atoms with van der Waals surface area (Å²) < 4.78 is 44.1. The van der Waals surface area contributed by atoms with Gasteiger partial charge in [-0.1, -0.05) is 42.5 Å². The average molecular weight is 445 g/mol. The van der Waals surface area contributed by atoms with E-state index in [2.05, 4.69) is 5.32 Å². The van der Waals surface area contributed by atoms with Crippen LogP contribution in [0.3, 0.4) is 0 Å². The Morgan fingerprint density at radius 3 is 2.25 bits per heavy atom. The molecule has 0 aromatic heterocycles. The lowest BCUT2D eigenvalue weighted by Gasteiger charge is -2.22. The standard InChI is InChI=1S/C24H22F3NO4/c1-23(2,22(30)31)28-21(29)19-12-9-16-5-3-4-6-18(16)20(19)32-14-13-15-7-10-17(11-8-15)24(25,26)27/h3-12H,13-14H2,1-2H3,(H,28,29)(H,30,31). The molecule has 0 saturated carbocycles. The number of benzene rings is 3. The first-order valence-corrected chi connectivity index (χ1v) is 9.85. The fourth-order valence-corrected chi connectivity index (χ4v) is 3.11. The van der Waals surface area contributed by atoms with Crippen LogP contribution < -0.4 is 10.1 Å². The smallest absolute Gasteiger partial charge is 0.416 e. The monoisotopic (exact) mass is 445 g/mol. The van der Waals surface area contributed by atoms with E-state index < -0.39 is 29.2 Å². The molecule has 8 heteroatoms. The van der Waals surface area contributed by atoms with E-state index in [0.29, 0.717) is 17.4 Å². The van der Waals surface area contributed by atoms with Gasteiger partial charge in [0, 0.05) is 11.8 Å². The highest BCUT2D eigenvalue weighted by atomic mass is 19.4. The number of carboxylic acids is 1. The fourth-order valence-electron chi connectivity index (χ4n) is 3.11. The predicted molar refractivity (Wildman–Crippen MR) is 114 cm³/mol. The number of ether oxygens (including phenoxy) is 1. The van der Waals surface area contributed by atoms with Gasteiger partial charge in [0.15, 0.2) is 0 Å². The SMILES string of the molecule is CC(C)(NC(=O)c1ccc2ccccc2c1OCCc1ccc(C(F)(F)F)cc1)C(=O)O. The second-order valence-corrected chi connectivity index (χ2v) is 7.84. The number of alkyl halides is 3. The number of halogens is 3. The van der Waals surface area contributed by atoms with Gasteiger partial charge in [0.2, 0.25) is 0 Å². The van der Waals surface area contributed by atoms with Crippen molar-refractivity contribution in [2.24, 2.45) is 0 Å². The molecule has 5 nitrogen and oxygen atoms in total. The Balaban J connectivity index is 1.83. The topological polar surface area (TPSA) is 75.6 Å². The Hall–Kier alpha value is -3.55. The van der Waals surface area contributed by atoms with Crippen LogP contribution in [0.5, 0.6) is 5.75 Å². The van der Waals surface area contributed by atoms with Gasteiger partial charge in [0.1, 0.15) is 11.3 Å². The Kier molecular flexibility index (Phi) is 6.43. The number of rotatable bonds is 7. The normalized spacial score (nSPS) is 11.9. The van der Waals surface area contributed by atoms with Crippen LogP contribution >= 0.6 is 0 Å². The number of amides is 1. The van der Waals surface area contributed by atoms with Crippen LogP contribution in [0.25, 0.3) is 10.8 Å². The van der Waals surface area contributed by atoms with Crippen LogP contribution in [-0.4, -0.2) is 29.1 Å². The summed E-state index contributed by atoms with van der Waals surface area (Å²) >= 11 is 0. The third-order valence-corrected chi connectivity index (χ3v) is 5.00. The third kappa shape index (κ3) is 5.19. The number of aliphatic carboxylic acids is 1. The predicted octanol–water partition coefficient (Wildman–Crippen LogP) is 5.07. The summed E-state index contributed by atoms with van der Waals surface area (Å²) in [6.07, 6.45) is -4.08. The minimum absolute atomic E-state index is 0.113. The van der Waals surface area contributed by atoms with Gasteiger partial charge in [-0.3, -0.25) is 4.79 Å². The number of carbonyl (C=O) groups excluding carboxylic acids is 1. The van der Waals surface area contributed by atoms with Crippen molar-refractivity contribution in [2.75, 3.05) is 6.61 Å². The second kappa shape index (κ2) is 8.90. The highest BCUT2D eigenvalue weighted by molar-refractivity contribution is 6.05. The maximum atomic E-state index is 12.8. The highest BCUT2D eigenvalue weighted by Gasteiger charge is 2.31. The van der Waals surface area contributed by atoms with Crippen molar-refractivity contribution in [3.8, 4) is 5.75 Å². The van der Waals surface area contributed by atoms with Crippen LogP contribution in [0.15, 0.2) is 60.7 Å². The van der Waals surface area contributed by atoms with E-state index in [-0.39, 0.29) is 17.9 Å². The maximum absolute atomic E-state index is 12.8. The third-order valence-electron chi connectivity index (χ3n) is 5.00. The van der Waals surface area contributed by atoms with Gasteiger partial charge in [0.25, 0.3) is 5.91 Å². The Morgan fingerprint density at radius 2 is 1.62 bits per heavy atom. The molecule has 32 heavy (non-hydrogen) atoms. The first-order chi connectivity index (χ1) is 15.0. The molecular weight excluding hydrogens is 423 g/mol. The molecule has 168 valence electrons. The Bertz CT molecular complexity index is 1140. The summed E-state index contributed by atoms with van der Waals surface area (Å²) in [4.78, 5) is 24.2. The summed E-state index contributed by atoms with van der Waals surface area (Å²) in [7, 11) is 0. The first kappa shape index (κ1) is 23.1. The van der Waals surface area contributed by atoms with E-state index in [0.717, 1.165) is 17.5 Å². The maximum Gasteiger partial charge on any atom is 0.416 e. The van der Waals surface area contributed by atoms with E-state index in [4.69, 9.17) is 4.74 Å². The van der Waals surface area contributed by atoms with Gasteiger partial charge in [-0.15, -0.1) is 0 Å². The largest absolute Gasteiger partial charge is 0.492 e. The fraction of sp³-hybridized carbons (Fsp3) is 0.250. The summed E-state index contributed by atoms with van der Waals surface area (Å²) in [6, 6.07) is 15.3. The lowest BCUT2D eigenvalue weighted by atomic mass is 10.0. The van der Waals surface area contributed by atoms with Gasteiger partial charge in [0.05, 0.1) is 17.7 Å². The molecule has 0 aliphatic carbocycles.